The SMILES string of the molecule is OCCc1cc(F)c2[nH]ccc2c1. The second kappa shape index (κ2) is 3.18. The van der Waals surface area contributed by atoms with Gasteiger partial charge in [-0.1, -0.05) is 0 Å². The Kier molecular flexibility index (Phi) is 2.02. The molecule has 1 heterocycles. The number of hydrogen-bond donors (Lipinski definition) is 2. The summed E-state index contributed by atoms with van der Waals surface area (Å²) >= 11 is 0. The van der Waals surface area contributed by atoms with Crippen LogP contribution in [-0.4, -0.2) is 16.7 Å². The van der Waals surface area contributed by atoms with Crippen molar-refractivity contribution in [1.82, 2.24) is 4.98 Å². The van der Waals surface area contributed by atoms with E-state index in [9.17, 15) is 4.39 Å². The van der Waals surface area contributed by atoms with Crippen molar-refractivity contribution in [1.29, 1.82) is 0 Å². The number of benzene rings is 1. The minimum absolute atomic E-state index is 0.0510. The van der Waals surface area contributed by atoms with Gasteiger partial charge in [0.25, 0.3) is 0 Å². The van der Waals surface area contributed by atoms with E-state index < -0.39 is 0 Å². The van der Waals surface area contributed by atoms with E-state index in [0.717, 1.165) is 10.9 Å². The average molecular weight is 179 g/mol. The van der Waals surface area contributed by atoms with E-state index in [2.05, 4.69) is 4.98 Å². The molecule has 2 N–H and O–H groups in total. The van der Waals surface area contributed by atoms with Crippen LogP contribution in [0.2, 0.25) is 0 Å². The van der Waals surface area contributed by atoms with Crippen molar-refractivity contribution in [3.8, 4) is 0 Å². The minimum atomic E-state index is -0.258. The fraction of sp³-hybridized carbons (Fsp3) is 0.200. The van der Waals surface area contributed by atoms with Crippen LogP contribution in [0, 0.1) is 5.82 Å². The number of fused-ring (bicyclic) bond motifs is 1. The molecule has 2 rings (SSSR count). The topological polar surface area (TPSA) is 36.0 Å². The van der Waals surface area contributed by atoms with Crippen LogP contribution in [0.3, 0.4) is 0 Å². The zero-order valence-electron chi connectivity index (χ0n) is 7.05. The van der Waals surface area contributed by atoms with Crippen LogP contribution in [-0.2, 0) is 6.42 Å². The molecule has 0 unspecified atom stereocenters. The van der Waals surface area contributed by atoms with Gasteiger partial charge in [0.15, 0.2) is 0 Å². The van der Waals surface area contributed by atoms with Gasteiger partial charge in [-0.25, -0.2) is 4.39 Å². The fourth-order valence-corrected chi connectivity index (χ4v) is 1.46. The van der Waals surface area contributed by atoms with E-state index in [1.54, 1.807) is 6.20 Å². The maximum atomic E-state index is 13.3. The summed E-state index contributed by atoms with van der Waals surface area (Å²) in [5.41, 5.74) is 1.36. The number of aromatic nitrogens is 1. The first-order valence-electron chi connectivity index (χ1n) is 4.17. The quantitative estimate of drug-likeness (QED) is 0.725. The molecule has 68 valence electrons. The predicted octanol–water partition coefficient (Wildman–Crippen LogP) is 1.84. The number of hydrogen-bond acceptors (Lipinski definition) is 1. The molecule has 0 saturated heterocycles. The van der Waals surface area contributed by atoms with Crippen molar-refractivity contribution in [3.63, 3.8) is 0 Å². The third-order valence-corrected chi connectivity index (χ3v) is 2.07. The molecule has 0 saturated carbocycles. The van der Waals surface area contributed by atoms with E-state index >= 15 is 0 Å². The van der Waals surface area contributed by atoms with Crippen molar-refractivity contribution in [2.45, 2.75) is 6.42 Å². The number of aliphatic hydroxyl groups is 1. The lowest BCUT2D eigenvalue weighted by Crippen LogP contribution is -1.91. The molecule has 0 bridgehead atoms. The summed E-state index contributed by atoms with van der Waals surface area (Å²) in [4.78, 5) is 2.82. The van der Waals surface area contributed by atoms with E-state index in [4.69, 9.17) is 5.11 Å². The van der Waals surface area contributed by atoms with Gasteiger partial charge in [0.2, 0.25) is 0 Å². The first-order chi connectivity index (χ1) is 6.31. The van der Waals surface area contributed by atoms with Gasteiger partial charge in [-0.15, -0.1) is 0 Å². The second-order valence-corrected chi connectivity index (χ2v) is 2.99. The number of halogens is 1. The van der Waals surface area contributed by atoms with Crippen LogP contribution in [0.15, 0.2) is 24.4 Å². The van der Waals surface area contributed by atoms with Crippen LogP contribution in [0.5, 0.6) is 0 Å². The molecule has 2 aromatic rings. The number of nitrogens with one attached hydrogen (secondary N) is 1. The maximum Gasteiger partial charge on any atom is 0.147 e. The number of aliphatic hydroxyl groups excluding tert-OH is 1. The Morgan fingerprint density at radius 2 is 2.23 bits per heavy atom. The minimum Gasteiger partial charge on any atom is -0.396 e. The molecule has 0 fully saturated rings. The Balaban J connectivity index is 2.56. The highest BCUT2D eigenvalue weighted by atomic mass is 19.1. The summed E-state index contributed by atoms with van der Waals surface area (Å²) in [7, 11) is 0. The summed E-state index contributed by atoms with van der Waals surface area (Å²) in [6.45, 7) is 0.0510. The highest BCUT2D eigenvalue weighted by molar-refractivity contribution is 5.80. The molecule has 0 aliphatic rings. The number of H-pyrrole nitrogens is 1. The average Bonchev–Trinajstić information content (AvgIpc) is 2.53. The molecule has 0 spiro atoms. The van der Waals surface area contributed by atoms with Crippen molar-refractivity contribution in [3.05, 3.63) is 35.8 Å². The van der Waals surface area contributed by atoms with Crippen LogP contribution in [0.1, 0.15) is 5.56 Å². The summed E-state index contributed by atoms with van der Waals surface area (Å²) in [6.07, 6.45) is 2.20. The van der Waals surface area contributed by atoms with E-state index in [1.807, 2.05) is 12.1 Å². The van der Waals surface area contributed by atoms with Crippen LogP contribution in [0.4, 0.5) is 4.39 Å². The number of rotatable bonds is 2. The van der Waals surface area contributed by atoms with Crippen LogP contribution >= 0.6 is 0 Å². The van der Waals surface area contributed by atoms with Gasteiger partial charge >= 0.3 is 0 Å². The predicted molar refractivity (Wildman–Crippen MR) is 49.0 cm³/mol. The third-order valence-electron chi connectivity index (χ3n) is 2.07. The van der Waals surface area contributed by atoms with Crippen LogP contribution < -0.4 is 0 Å². The second-order valence-electron chi connectivity index (χ2n) is 2.99. The molecule has 13 heavy (non-hydrogen) atoms. The molecular formula is C10H10FNO. The maximum absolute atomic E-state index is 13.3. The standard InChI is InChI=1S/C10H10FNO/c11-9-6-7(2-4-13)5-8-1-3-12-10(8)9/h1,3,5-6,12-13H,2,4H2. The first-order valence-corrected chi connectivity index (χ1v) is 4.17. The number of aromatic amines is 1. The summed E-state index contributed by atoms with van der Waals surface area (Å²) in [6, 6.07) is 5.15. The van der Waals surface area contributed by atoms with Gasteiger partial charge in [-0.05, 0) is 30.2 Å². The Hall–Kier alpha value is -1.35. The molecule has 2 nitrogen and oxygen atoms in total. The van der Waals surface area contributed by atoms with E-state index in [1.165, 1.54) is 6.07 Å². The Bertz CT molecular complexity index is 422. The Morgan fingerprint density at radius 3 is 3.00 bits per heavy atom. The zero-order chi connectivity index (χ0) is 9.26. The van der Waals surface area contributed by atoms with Gasteiger partial charge in [-0.3, -0.25) is 0 Å². The van der Waals surface area contributed by atoms with E-state index in [-0.39, 0.29) is 12.4 Å². The highest BCUT2D eigenvalue weighted by Gasteiger charge is 2.03. The fourth-order valence-electron chi connectivity index (χ4n) is 1.46. The zero-order valence-corrected chi connectivity index (χ0v) is 7.05. The van der Waals surface area contributed by atoms with Crippen molar-refractivity contribution in [2.24, 2.45) is 0 Å². The highest BCUT2D eigenvalue weighted by Crippen LogP contribution is 2.18. The Morgan fingerprint density at radius 1 is 1.38 bits per heavy atom. The molecule has 1 aromatic carbocycles. The smallest absolute Gasteiger partial charge is 0.147 e. The van der Waals surface area contributed by atoms with Gasteiger partial charge in [0.05, 0.1) is 5.52 Å². The lowest BCUT2D eigenvalue weighted by atomic mass is 10.1. The lowest BCUT2D eigenvalue weighted by Gasteiger charge is -1.99. The van der Waals surface area contributed by atoms with Gasteiger partial charge < -0.3 is 10.1 Å². The van der Waals surface area contributed by atoms with Gasteiger partial charge in [0.1, 0.15) is 5.82 Å². The molecule has 1 aromatic heterocycles. The molecule has 0 aliphatic carbocycles. The monoisotopic (exact) mass is 179 g/mol. The Labute approximate surface area is 75.0 Å². The molecule has 0 radical (unpaired) electrons. The van der Waals surface area contributed by atoms with Gasteiger partial charge in [-0.2, -0.15) is 0 Å². The molecule has 0 atom stereocenters. The summed E-state index contributed by atoms with van der Waals surface area (Å²) in [5.74, 6) is -0.258. The molecular weight excluding hydrogens is 169 g/mol. The van der Waals surface area contributed by atoms with Crippen molar-refractivity contribution in [2.75, 3.05) is 6.61 Å². The largest absolute Gasteiger partial charge is 0.396 e. The molecule has 0 amide bonds. The first kappa shape index (κ1) is 8.26. The van der Waals surface area contributed by atoms with Crippen molar-refractivity contribution >= 4 is 10.9 Å². The summed E-state index contributed by atoms with van der Waals surface area (Å²) < 4.78 is 13.3. The molecule has 0 aliphatic heterocycles. The molecule has 3 heteroatoms. The van der Waals surface area contributed by atoms with Crippen LogP contribution in [0.25, 0.3) is 10.9 Å². The third kappa shape index (κ3) is 1.42. The van der Waals surface area contributed by atoms with Gasteiger partial charge in [0, 0.05) is 18.2 Å². The lowest BCUT2D eigenvalue weighted by molar-refractivity contribution is 0.299. The normalized spacial score (nSPS) is 10.9. The van der Waals surface area contributed by atoms with E-state index in [0.29, 0.717) is 11.9 Å². The summed E-state index contributed by atoms with van der Waals surface area (Å²) in [5, 5.41) is 9.55. The van der Waals surface area contributed by atoms with Crippen molar-refractivity contribution < 1.29 is 9.50 Å².